The van der Waals surface area contributed by atoms with Crippen LogP contribution in [0.25, 0.3) is 0 Å². The number of benzene rings is 2. The van der Waals surface area contributed by atoms with E-state index in [0.717, 1.165) is 31.0 Å². The Balaban J connectivity index is 1.46. The molecule has 0 N–H and O–H groups in total. The Labute approximate surface area is 166 Å². The van der Waals surface area contributed by atoms with Gasteiger partial charge in [0.05, 0.1) is 11.7 Å². The molecule has 3 aromatic rings. The fraction of sp³-hybridized carbons (Fsp3) is 0.292. The second kappa shape index (κ2) is 8.24. The smallest absolute Gasteiger partial charge is 0.0575 e. The van der Waals surface area contributed by atoms with Gasteiger partial charge < -0.3 is 0 Å². The van der Waals surface area contributed by atoms with E-state index in [1.807, 2.05) is 18.3 Å². The molecule has 0 saturated carbocycles. The molecule has 1 aliphatic rings. The van der Waals surface area contributed by atoms with Gasteiger partial charge in [-0.05, 0) is 61.6 Å². The zero-order chi connectivity index (χ0) is 18.6. The van der Waals surface area contributed by atoms with Gasteiger partial charge >= 0.3 is 0 Å². The van der Waals surface area contributed by atoms with Crippen LogP contribution in [0.4, 0.5) is 0 Å². The minimum absolute atomic E-state index is 0.384. The predicted octanol–water partition coefficient (Wildman–Crippen LogP) is 5.97. The fourth-order valence-electron chi connectivity index (χ4n) is 3.87. The first-order chi connectivity index (χ1) is 13.2. The summed E-state index contributed by atoms with van der Waals surface area (Å²) in [6, 6.07) is 21.7. The number of rotatable bonds is 5. The molecule has 1 saturated heterocycles. The third kappa shape index (κ3) is 4.40. The Morgan fingerprint density at radius 2 is 1.78 bits per heavy atom. The van der Waals surface area contributed by atoms with Crippen molar-refractivity contribution >= 4 is 11.6 Å². The van der Waals surface area contributed by atoms with Crippen LogP contribution in [0.5, 0.6) is 0 Å². The van der Waals surface area contributed by atoms with E-state index in [1.54, 1.807) is 0 Å². The highest BCUT2D eigenvalue weighted by molar-refractivity contribution is 6.31. The number of likely N-dealkylation sites (tertiary alicyclic amines) is 1. The molecule has 27 heavy (non-hydrogen) atoms. The average Bonchev–Trinajstić information content (AvgIpc) is 3.14. The molecule has 0 aliphatic carbocycles. The van der Waals surface area contributed by atoms with E-state index in [-0.39, 0.29) is 0 Å². The van der Waals surface area contributed by atoms with Crippen molar-refractivity contribution in [3.8, 4) is 0 Å². The van der Waals surface area contributed by atoms with Gasteiger partial charge in [-0.3, -0.25) is 9.88 Å². The Morgan fingerprint density at radius 1 is 1.00 bits per heavy atom. The molecule has 2 heterocycles. The van der Waals surface area contributed by atoms with Crippen molar-refractivity contribution in [1.29, 1.82) is 0 Å². The van der Waals surface area contributed by atoms with Gasteiger partial charge in [-0.1, -0.05) is 65.7 Å². The fourth-order valence-corrected chi connectivity index (χ4v) is 4.07. The highest BCUT2D eigenvalue weighted by atomic mass is 35.5. The van der Waals surface area contributed by atoms with Crippen molar-refractivity contribution in [3.05, 3.63) is 99.8 Å². The molecule has 2 aromatic carbocycles. The summed E-state index contributed by atoms with van der Waals surface area (Å²) in [6.07, 6.45) is 5.35. The van der Waals surface area contributed by atoms with E-state index < -0.39 is 0 Å². The number of aromatic nitrogens is 1. The monoisotopic (exact) mass is 376 g/mol. The van der Waals surface area contributed by atoms with Crippen LogP contribution in [0.3, 0.4) is 0 Å². The number of pyridine rings is 1. The minimum Gasteiger partial charge on any atom is -0.290 e. The largest absolute Gasteiger partial charge is 0.290 e. The van der Waals surface area contributed by atoms with E-state index in [4.69, 9.17) is 16.6 Å². The molecule has 0 bridgehead atoms. The van der Waals surface area contributed by atoms with Gasteiger partial charge in [-0.15, -0.1) is 0 Å². The van der Waals surface area contributed by atoms with Crippen molar-refractivity contribution < 1.29 is 0 Å². The Morgan fingerprint density at radius 3 is 2.52 bits per heavy atom. The van der Waals surface area contributed by atoms with Gasteiger partial charge in [-0.25, -0.2) is 0 Å². The molecular weight excluding hydrogens is 352 g/mol. The van der Waals surface area contributed by atoms with E-state index >= 15 is 0 Å². The van der Waals surface area contributed by atoms with E-state index in [0.29, 0.717) is 6.04 Å². The Bertz CT molecular complexity index is 887. The summed E-state index contributed by atoms with van der Waals surface area (Å²) in [4.78, 5) is 7.32. The number of aryl methyl sites for hydroxylation is 1. The summed E-state index contributed by atoms with van der Waals surface area (Å²) in [5, 5.41) is 0.851. The van der Waals surface area contributed by atoms with Crippen molar-refractivity contribution in [2.24, 2.45) is 0 Å². The average molecular weight is 377 g/mol. The zero-order valence-corrected chi connectivity index (χ0v) is 16.5. The highest BCUT2D eigenvalue weighted by Crippen LogP contribution is 2.33. The van der Waals surface area contributed by atoms with Crippen LogP contribution < -0.4 is 0 Å². The highest BCUT2D eigenvalue weighted by Gasteiger charge is 2.27. The van der Waals surface area contributed by atoms with Crippen LogP contribution in [-0.2, 0) is 13.0 Å². The summed E-state index contributed by atoms with van der Waals surface area (Å²) < 4.78 is 0. The SMILES string of the molecule is Cc1ccc(Cc2ccc(C3CCCN3Cc3ccccc3Cl)nc2)cc1. The van der Waals surface area contributed by atoms with Gasteiger partial charge in [0.2, 0.25) is 0 Å². The maximum atomic E-state index is 6.36. The summed E-state index contributed by atoms with van der Waals surface area (Å²) >= 11 is 6.36. The van der Waals surface area contributed by atoms with Crippen LogP contribution in [-0.4, -0.2) is 16.4 Å². The first-order valence-corrected chi connectivity index (χ1v) is 10.0. The molecule has 3 heteroatoms. The Hall–Kier alpha value is -2.16. The van der Waals surface area contributed by atoms with Gasteiger partial charge in [0.1, 0.15) is 0 Å². The van der Waals surface area contributed by atoms with Gasteiger partial charge in [0.25, 0.3) is 0 Å². The van der Waals surface area contributed by atoms with Crippen LogP contribution in [0.15, 0.2) is 66.9 Å². The van der Waals surface area contributed by atoms with Crippen molar-refractivity contribution in [2.45, 2.75) is 38.8 Å². The number of hydrogen-bond acceptors (Lipinski definition) is 2. The normalized spacial score (nSPS) is 17.3. The third-order valence-electron chi connectivity index (χ3n) is 5.41. The summed E-state index contributed by atoms with van der Waals surface area (Å²) in [6.45, 7) is 4.11. The second-order valence-electron chi connectivity index (χ2n) is 7.47. The summed E-state index contributed by atoms with van der Waals surface area (Å²) in [5.74, 6) is 0. The second-order valence-corrected chi connectivity index (χ2v) is 7.88. The van der Waals surface area contributed by atoms with Crippen LogP contribution >= 0.6 is 11.6 Å². The molecule has 1 aromatic heterocycles. The number of halogens is 1. The predicted molar refractivity (Wildman–Crippen MR) is 112 cm³/mol. The first kappa shape index (κ1) is 18.2. The number of hydrogen-bond donors (Lipinski definition) is 0. The minimum atomic E-state index is 0.384. The maximum absolute atomic E-state index is 6.36. The van der Waals surface area contributed by atoms with Crippen molar-refractivity contribution in [1.82, 2.24) is 9.88 Å². The molecule has 0 spiro atoms. The Kier molecular flexibility index (Phi) is 5.56. The topological polar surface area (TPSA) is 16.1 Å². The number of nitrogens with zero attached hydrogens (tertiary/aromatic N) is 2. The van der Waals surface area contributed by atoms with Gasteiger partial charge in [0, 0.05) is 17.8 Å². The first-order valence-electron chi connectivity index (χ1n) is 9.67. The van der Waals surface area contributed by atoms with E-state index in [9.17, 15) is 0 Å². The molecule has 138 valence electrons. The quantitative estimate of drug-likeness (QED) is 0.545. The molecule has 2 nitrogen and oxygen atoms in total. The molecular formula is C24H25ClN2. The lowest BCUT2D eigenvalue weighted by atomic mass is 10.0. The zero-order valence-electron chi connectivity index (χ0n) is 15.7. The van der Waals surface area contributed by atoms with Crippen LogP contribution in [0.2, 0.25) is 5.02 Å². The lowest BCUT2D eigenvalue weighted by Gasteiger charge is -2.24. The molecule has 1 unspecified atom stereocenters. The molecule has 1 atom stereocenters. The summed E-state index contributed by atoms with van der Waals surface area (Å²) in [5.41, 5.74) is 6.26. The van der Waals surface area contributed by atoms with Crippen LogP contribution in [0.1, 0.15) is 46.8 Å². The van der Waals surface area contributed by atoms with Crippen molar-refractivity contribution in [3.63, 3.8) is 0 Å². The molecule has 0 radical (unpaired) electrons. The molecule has 4 rings (SSSR count). The van der Waals surface area contributed by atoms with E-state index in [1.165, 1.54) is 34.4 Å². The lowest BCUT2D eigenvalue weighted by molar-refractivity contribution is 0.244. The third-order valence-corrected chi connectivity index (χ3v) is 5.78. The standard InChI is InChI=1S/C24H25ClN2/c1-18-8-10-19(11-9-18)15-20-12-13-23(26-16-20)24-7-4-14-27(24)17-21-5-2-3-6-22(21)25/h2-3,5-6,8-13,16,24H,4,7,14-15,17H2,1H3. The lowest BCUT2D eigenvalue weighted by Crippen LogP contribution is -2.23. The van der Waals surface area contributed by atoms with Crippen molar-refractivity contribution in [2.75, 3.05) is 6.54 Å². The van der Waals surface area contributed by atoms with Gasteiger partial charge in [0.15, 0.2) is 0 Å². The molecule has 1 aliphatic heterocycles. The summed E-state index contributed by atoms with van der Waals surface area (Å²) in [7, 11) is 0. The molecule has 1 fully saturated rings. The van der Waals surface area contributed by atoms with Crippen LogP contribution in [0, 0.1) is 6.92 Å². The van der Waals surface area contributed by atoms with Gasteiger partial charge in [-0.2, -0.15) is 0 Å². The molecule has 0 amide bonds. The van der Waals surface area contributed by atoms with E-state index in [2.05, 4.69) is 60.4 Å². The maximum Gasteiger partial charge on any atom is 0.0575 e.